The molecule has 1 atom stereocenters. The number of imidazole rings is 1. The van der Waals surface area contributed by atoms with Gasteiger partial charge in [-0.3, -0.25) is 4.79 Å². The van der Waals surface area contributed by atoms with Crippen molar-refractivity contribution in [3.05, 3.63) is 78.4 Å². The molecule has 156 valence electrons. The number of rotatable bonds is 7. The maximum absolute atomic E-state index is 12.8. The van der Waals surface area contributed by atoms with Crippen LogP contribution in [0, 0.1) is 12.8 Å². The number of amides is 1. The van der Waals surface area contributed by atoms with Crippen LogP contribution in [0.4, 0.5) is 5.69 Å². The summed E-state index contributed by atoms with van der Waals surface area (Å²) in [7, 11) is 0. The third-order valence-corrected chi connectivity index (χ3v) is 5.90. The monoisotopic (exact) mass is 402 g/mol. The van der Waals surface area contributed by atoms with E-state index in [0.29, 0.717) is 0 Å². The first-order valence-corrected chi connectivity index (χ1v) is 10.9. The van der Waals surface area contributed by atoms with Gasteiger partial charge < -0.3 is 14.8 Å². The van der Waals surface area contributed by atoms with E-state index in [4.69, 9.17) is 0 Å². The van der Waals surface area contributed by atoms with Crippen molar-refractivity contribution < 1.29 is 4.79 Å². The van der Waals surface area contributed by atoms with Crippen molar-refractivity contribution in [3.8, 4) is 5.69 Å². The molecular weight excluding hydrogens is 372 g/mol. The lowest BCUT2D eigenvalue weighted by atomic mass is 9.96. The SMILES string of the molecule is Cc1nccn1-c1ccc(NC(=O)[C@@H]2CCCN(CCCc3ccccc3)C2)cc1. The molecule has 5 heteroatoms. The Kier molecular flexibility index (Phi) is 6.60. The highest BCUT2D eigenvalue weighted by atomic mass is 16.1. The molecule has 2 heterocycles. The minimum atomic E-state index is 0.0612. The molecule has 30 heavy (non-hydrogen) atoms. The normalized spacial score (nSPS) is 17.0. The van der Waals surface area contributed by atoms with Gasteiger partial charge in [0.25, 0.3) is 0 Å². The van der Waals surface area contributed by atoms with Crippen LogP contribution in [0.25, 0.3) is 5.69 Å². The summed E-state index contributed by atoms with van der Waals surface area (Å²) >= 11 is 0. The molecule has 1 amide bonds. The second-order valence-electron chi connectivity index (χ2n) is 8.11. The maximum atomic E-state index is 12.8. The van der Waals surface area contributed by atoms with E-state index in [0.717, 1.165) is 62.5 Å². The Morgan fingerprint density at radius 2 is 1.93 bits per heavy atom. The number of carbonyl (C=O) groups is 1. The van der Waals surface area contributed by atoms with Crippen LogP contribution in [-0.4, -0.2) is 40.0 Å². The highest BCUT2D eigenvalue weighted by Gasteiger charge is 2.25. The summed E-state index contributed by atoms with van der Waals surface area (Å²) in [5.41, 5.74) is 3.28. The van der Waals surface area contributed by atoms with E-state index in [-0.39, 0.29) is 11.8 Å². The molecule has 0 unspecified atom stereocenters. The van der Waals surface area contributed by atoms with Crippen molar-refractivity contribution >= 4 is 11.6 Å². The lowest BCUT2D eigenvalue weighted by Crippen LogP contribution is -2.41. The summed E-state index contributed by atoms with van der Waals surface area (Å²) in [5.74, 6) is 1.14. The second kappa shape index (κ2) is 9.72. The van der Waals surface area contributed by atoms with Gasteiger partial charge in [-0.15, -0.1) is 0 Å². The van der Waals surface area contributed by atoms with E-state index in [9.17, 15) is 4.79 Å². The number of benzene rings is 2. The molecule has 2 aromatic carbocycles. The molecule has 0 radical (unpaired) electrons. The Morgan fingerprint density at radius 1 is 1.13 bits per heavy atom. The van der Waals surface area contributed by atoms with Gasteiger partial charge in [-0.1, -0.05) is 30.3 Å². The first-order chi connectivity index (χ1) is 14.7. The minimum absolute atomic E-state index is 0.0612. The standard InChI is InChI=1S/C25H30N4O/c1-20-26-15-18-29(20)24-13-11-23(12-14-24)27-25(30)22-10-6-17-28(19-22)16-5-9-21-7-3-2-4-8-21/h2-4,7-8,11-15,18,22H,5-6,9-10,16-17,19H2,1H3,(H,27,30)/t22-/m1/s1. The summed E-state index contributed by atoms with van der Waals surface area (Å²) in [6.07, 6.45) is 8.01. The fourth-order valence-corrected chi connectivity index (χ4v) is 4.22. The van der Waals surface area contributed by atoms with Crippen LogP contribution < -0.4 is 5.32 Å². The summed E-state index contributed by atoms with van der Waals surface area (Å²) in [5, 5.41) is 3.11. The molecule has 1 aromatic heterocycles. The predicted molar refractivity (Wildman–Crippen MR) is 121 cm³/mol. The maximum Gasteiger partial charge on any atom is 0.228 e. The van der Waals surface area contributed by atoms with Crippen LogP contribution in [0.15, 0.2) is 67.0 Å². The van der Waals surface area contributed by atoms with Crippen LogP contribution in [0.1, 0.15) is 30.7 Å². The zero-order valence-electron chi connectivity index (χ0n) is 17.6. The van der Waals surface area contributed by atoms with Gasteiger partial charge in [0.15, 0.2) is 0 Å². The summed E-state index contributed by atoms with van der Waals surface area (Å²) in [6.45, 7) is 4.98. The van der Waals surface area contributed by atoms with Crippen LogP contribution in [-0.2, 0) is 11.2 Å². The third-order valence-electron chi connectivity index (χ3n) is 5.90. The van der Waals surface area contributed by atoms with Crippen LogP contribution >= 0.6 is 0 Å². The lowest BCUT2D eigenvalue weighted by Gasteiger charge is -2.32. The van der Waals surface area contributed by atoms with Crippen molar-refractivity contribution in [3.63, 3.8) is 0 Å². The van der Waals surface area contributed by atoms with Gasteiger partial charge in [-0.25, -0.2) is 4.98 Å². The topological polar surface area (TPSA) is 50.2 Å². The average Bonchev–Trinajstić information content (AvgIpc) is 3.21. The molecule has 3 aromatic rings. The molecule has 1 saturated heterocycles. The predicted octanol–water partition coefficient (Wildman–Crippen LogP) is 4.46. The number of hydrogen-bond acceptors (Lipinski definition) is 3. The quantitative estimate of drug-likeness (QED) is 0.635. The lowest BCUT2D eigenvalue weighted by molar-refractivity contribution is -0.121. The van der Waals surface area contributed by atoms with E-state index in [1.807, 2.05) is 42.0 Å². The number of nitrogens with zero attached hydrogens (tertiary/aromatic N) is 3. The Morgan fingerprint density at radius 3 is 2.67 bits per heavy atom. The van der Waals surface area contributed by atoms with E-state index < -0.39 is 0 Å². The third kappa shape index (κ3) is 5.16. The molecule has 4 rings (SSSR count). The molecule has 0 bridgehead atoms. The van der Waals surface area contributed by atoms with E-state index in [2.05, 4.69) is 45.5 Å². The van der Waals surface area contributed by atoms with Crippen molar-refractivity contribution in [1.29, 1.82) is 0 Å². The Balaban J connectivity index is 1.27. The summed E-state index contributed by atoms with van der Waals surface area (Å²) < 4.78 is 2.03. The molecular formula is C25H30N4O. The first kappa shape index (κ1) is 20.4. The molecule has 0 spiro atoms. The molecule has 1 aliphatic heterocycles. The second-order valence-corrected chi connectivity index (χ2v) is 8.11. The Labute approximate surface area is 178 Å². The van der Waals surface area contributed by atoms with Crippen molar-refractivity contribution in [2.75, 3.05) is 25.0 Å². The smallest absolute Gasteiger partial charge is 0.228 e. The van der Waals surface area contributed by atoms with Crippen LogP contribution in [0.3, 0.4) is 0 Å². The highest BCUT2D eigenvalue weighted by molar-refractivity contribution is 5.92. The number of carbonyl (C=O) groups excluding carboxylic acids is 1. The van der Waals surface area contributed by atoms with Gasteiger partial charge in [0.05, 0.1) is 5.92 Å². The summed E-state index contributed by atoms with van der Waals surface area (Å²) in [4.78, 5) is 19.5. The average molecular weight is 403 g/mol. The zero-order valence-corrected chi connectivity index (χ0v) is 17.6. The van der Waals surface area contributed by atoms with Crippen molar-refractivity contribution in [2.45, 2.75) is 32.6 Å². The number of piperidine rings is 1. The van der Waals surface area contributed by atoms with E-state index >= 15 is 0 Å². The van der Waals surface area contributed by atoms with Crippen molar-refractivity contribution in [2.24, 2.45) is 5.92 Å². The molecule has 5 nitrogen and oxygen atoms in total. The molecule has 0 saturated carbocycles. The van der Waals surface area contributed by atoms with Gasteiger partial charge in [-0.2, -0.15) is 0 Å². The van der Waals surface area contributed by atoms with Gasteiger partial charge in [0, 0.05) is 30.3 Å². The first-order valence-electron chi connectivity index (χ1n) is 10.9. The van der Waals surface area contributed by atoms with E-state index in [1.54, 1.807) is 6.20 Å². The molecule has 1 fully saturated rings. The number of likely N-dealkylation sites (tertiary alicyclic amines) is 1. The van der Waals surface area contributed by atoms with Gasteiger partial charge in [-0.05, 0) is 75.5 Å². The van der Waals surface area contributed by atoms with Crippen LogP contribution in [0.2, 0.25) is 0 Å². The molecule has 1 N–H and O–H groups in total. The zero-order chi connectivity index (χ0) is 20.8. The Bertz CT molecular complexity index is 949. The van der Waals surface area contributed by atoms with Gasteiger partial charge in [0.1, 0.15) is 5.82 Å². The molecule has 0 aliphatic carbocycles. The number of nitrogens with one attached hydrogen (secondary N) is 1. The van der Waals surface area contributed by atoms with Crippen molar-refractivity contribution in [1.82, 2.24) is 14.5 Å². The minimum Gasteiger partial charge on any atom is -0.326 e. The fourth-order valence-electron chi connectivity index (χ4n) is 4.22. The fraction of sp³-hybridized carbons (Fsp3) is 0.360. The number of anilines is 1. The molecule has 1 aliphatic rings. The highest BCUT2D eigenvalue weighted by Crippen LogP contribution is 2.20. The van der Waals surface area contributed by atoms with Gasteiger partial charge in [0.2, 0.25) is 5.91 Å². The number of aromatic nitrogens is 2. The van der Waals surface area contributed by atoms with Crippen LogP contribution in [0.5, 0.6) is 0 Å². The number of hydrogen-bond donors (Lipinski definition) is 1. The largest absolute Gasteiger partial charge is 0.326 e. The number of aryl methyl sites for hydroxylation is 2. The van der Waals surface area contributed by atoms with E-state index in [1.165, 1.54) is 5.56 Å². The Hall–Kier alpha value is -2.92. The van der Waals surface area contributed by atoms with Gasteiger partial charge >= 0.3 is 0 Å². The summed E-state index contributed by atoms with van der Waals surface area (Å²) in [6, 6.07) is 18.6.